The fourth-order valence-corrected chi connectivity index (χ4v) is 5.72. The normalized spacial score (nSPS) is 13.2. The Bertz CT molecular complexity index is 1470. The van der Waals surface area contributed by atoms with Crippen molar-refractivity contribution >= 4 is 38.8 Å². The summed E-state index contributed by atoms with van der Waals surface area (Å²) in [7, 11) is -3.51. The number of sulfonamides is 1. The number of hydrogen-bond donors (Lipinski definition) is 3. The van der Waals surface area contributed by atoms with Crippen LogP contribution in [0.2, 0.25) is 0 Å². The van der Waals surface area contributed by atoms with Gasteiger partial charge in [-0.15, -0.1) is 0 Å². The van der Waals surface area contributed by atoms with Gasteiger partial charge in [0.15, 0.2) is 33.6 Å². The molecule has 0 saturated carbocycles. The Hall–Kier alpha value is -3.36. The first-order chi connectivity index (χ1) is 16.8. The number of anilines is 1. The molecule has 12 nitrogen and oxygen atoms in total. The Morgan fingerprint density at radius 1 is 1.26 bits per heavy atom. The molecule has 3 aromatic heterocycles. The van der Waals surface area contributed by atoms with Gasteiger partial charge in [-0.3, -0.25) is 5.10 Å². The number of nitrogens with zero attached hydrogens (tertiary/aromatic N) is 5. The molecule has 0 radical (unpaired) electrons. The van der Waals surface area contributed by atoms with Crippen LogP contribution in [0.25, 0.3) is 22.4 Å². The first kappa shape index (κ1) is 23.4. The van der Waals surface area contributed by atoms with Crippen LogP contribution < -0.4 is 19.9 Å². The number of hydrogen-bond acceptors (Lipinski definition) is 10. The van der Waals surface area contributed by atoms with E-state index >= 15 is 0 Å². The molecule has 0 atom stereocenters. The van der Waals surface area contributed by atoms with E-state index in [1.54, 1.807) is 10.8 Å². The number of aryl methyl sites for hydroxylation is 1. The minimum Gasteiger partial charge on any atom is -0.454 e. The molecule has 0 bridgehead atoms. The Labute approximate surface area is 205 Å². The molecule has 0 unspecified atom stereocenters. The van der Waals surface area contributed by atoms with Crippen LogP contribution in [-0.4, -0.2) is 57.2 Å². The second-order valence-electron chi connectivity index (χ2n) is 8.30. The van der Waals surface area contributed by atoms with Gasteiger partial charge < -0.3 is 19.8 Å². The summed E-state index contributed by atoms with van der Waals surface area (Å²) in [6.07, 6.45) is 3.07. The van der Waals surface area contributed by atoms with Gasteiger partial charge in [-0.05, 0) is 24.1 Å². The summed E-state index contributed by atoms with van der Waals surface area (Å²) >= 11 is 1.33. The highest BCUT2D eigenvalue weighted by Crippen LogP contribution is 2.44. The van der Waals surface area contributed by atoms with Crippen LogP contribution in [0, 0.1) is 5.92 Å². The van der Waals surface area contributed by atoms with Crippen molar-refractivity contribution in [1.29, 1.82) is 0 Å². The first-order valence-corrected chi connectivity index (χ1v) is 13.3. The van der Waals surface area contributed by atoms with Crippen LogP contribution in [0.1, 0.15) is 13.8 Å². The van der Waals surface area contributed by atoms with E-state index in [2.05, 4.69) is 29.9 Å². The number of aromatic amines is 1. The number of imidazole rings is 1. The molecular weight excluding hydrogens is 492 g/mol. The topological polar surface area (TPSA) is 163 Å². The zero-order valence-corrected chi connectivity index (χ0v) is 20.7. The van der Waals surface area contributed by atoms with Crippen LogP contribution in [0.5, 0.6) is 11.5 Å². The van der Waals surface area contributed by atoms with Gasteiger partial charge in [0.2, 0.25) is 16.8 Å². The van der Waals surface area contributed by atoms with Crippen molar-refractivity contribution in [3.8, 4) is 22.8 Å². The highest BCUT2D eigenvalue weighted by Gasteiger charge is 2.23. The van der Waals surface area contributed by atoms with Crippen LogP contribution in [0.15, 0.2) is 40.8 Å². The van der Waals surface area contributed by atoms with E-state index in [1.807, 2.05) is 32.0 Å². The van der Waals surface area contributed by atoms with Crippen molar-refractivity contribution in [1.82, 2.24) is 34.4 Å². The maximum atomic E-state index is 12.6. The fourth-order valence-electron chi connectivity index (χ4n) is 3.51. The molecule has 4 heterocycles. The largest absolute Gasteiger partial charge is 0.454 e. The van der Waals surface area contributed by atoms with E-state index in [4.69, 9.17) is 15.2 Å². The standard InChI is InChI=1S/C21H24N8O4S2/c1-12(2)9-26-35(30,31)6-5-29-20-18(19(22)23-10-24-20)27-21(29)34-17-8-16-15(32-11-33-16)7-13(17)14-3-4-25-28-14/h3-4,7-8,10,12,26H,5-6,9,11H2,1-2H3,(H,25,28)(H2,22,23,24). The number of aromatic nitrogens is 6. The van der Waals surface area contributed by atoms with Crippen LogP contribution in [0.4, 0.5) is 5.82 Å². The number of nitrogens with two attached hydrogens (primary N) is 1. The van der Waals surface area contributed by atoms with Gasteiger partial charge >= 0.3 is 0 Å². The summed E-state index contributed by atoms with van der Waals surface area (Å²) in [5.74, 6) is 1.50. The van der Waals surface area contributed by atoms with Gasteiger partial charge in [-0.1, -0.05) is 25.6 Å². The van der Waals surface area contributed by atoms with Gasteiger partial charge in [0.05, 0.1) is 11.4 Å². The molecule has 0 saturated heterocycles. The Balaban J connectivity index is 1.54. The van der Waals surface area contributed by atoms with Crippen LogP contribution in [0.3, 0.4) is 0 Å². The molecule has 14 heteroatoms. The third-order valence-corrected chi connectivity index (χ3v) is 7.65. The van der Waals surface area contributed by atoms with Gasteiger partial charge in [0, 0.05) is 29.7 Å². The third kappa shape index (κ3) is 4.90. The van der Waals surface area contributed by atoms with E-state index < -0.39 is 10.0 Å². The molecule has 0 fully saturated rings. The second kappa shape index (κ2) is 9.36. The van der Waals surface area contributed by atoms with Gasteiger partial charge in [-0.25, -0.2) is 28.1 Å². The van der Waals surface area contributed by atoms with E-state index in [1.165, 1.54) is 18.1 Å². The molecule has 0 spiro atoms. The van der Waals surface area contributed by atoms with Crippen LogP contribution in [-0.2, 0) is 16.6 Å². The van der Waals surface area contributed by atoms with Crippen molar-refractivity contribution in [2.45, 2.75) is 30.4 Å². The molecule has 4 N–H and O–H groups in total. The van der Waals surface area contributed by atoms with Gasteiger partial charge in [0.25, 0.3) is 0 Å². The van der Waals surface area contributed by atoms with Crippen molar-refractivity contribution in [2.24, 2.45) is 5.92 Å². The second-order valence-corrected chi connectivity index (χ2v) is 11.2. The zero-order valence-electron chi connectivity index (χ0n) is 19.1. The smallest absolute Gasteiger partial charge is 0.231 e. The van der Waals surface area contributed by atoms with E-state index in [9.17, 15) is 8.42 Å². The maximum Gasteiger partial charge on any atom is 0.231 e. The predicted molar refractivity (Wildman–Crippen MR) is 131 cm³/mol. The molecule has 184 valence electrons. The van der Waals surface area contributed by atoms with E-state index in [0.29, 0.717) is 40.1 Å². The number of H-pyrrole nitrogens is 1. The average Bonchev–Trinajstić information content (AvgIpc) is 3.56. The molecule has 35 heavy (non-hydrogen) atoms. The van der Waals surface area contributed by atoms with Crippen molar-refractivity contribution in [3.63, 3.8) is 0 Å². The lowest BCUT2D eigenvalue weighted by Gasteiger charge is -2.12. The molecule has 1 aliphatic rings. The summed E-state index contributed by atoms with van der Waals surface area (Å²) in [6, 6.07) is 5.57. The minimum absolute atomic E-state index is 0.130. The average molecular weight is 517 g/mol. The molecule has 0 aliphatic carbocycles. The lowest BCUT2D eigenvalue weighted by atomic mass is 10.1. The molecule has 4 aromatic rings. The number of ether oxygens (including phenoxy) is 2. The monoisotopic (exact) mass is 516 g/mol. The molecule has 5 rings (SSSR count). The van der Waals surface area contributed by atoms with Crippen LogP contribution >= 0.6 is 11.8 Å². The summed E-state index contributed by atoms with van der Waals surface area (Å²) in [5, 5.41) is 7.64. The Morgan fingerprint density at radius 2 is 2.06 bits per heavy atom. The number of nitrogen functional groups attached to an aromatic ring is 1. The Morgan fingerprint density at radius 3 is 2.80 bits per heavy atom. The third-order valence-electron chi connectivity index (χ3n) is 5.27. The quantitative estimate of drug-likeness (QED) is 0.301. The first-order valence-electron chi connectivity index (χ1n) is 10.9. The maximum absolute atomic E-state index is 12.6. The lowest BCUT2D eigenvalue weighted by molar-refractivity contribution is 0.174. The van der Waals surface area contributed by atoms with Crippen molar-refractivity contribution in [3.05, 3.63) is 30.7 Å². The Kier molecular flexibility index (Phi) is 6.25. The predicted octanol–water partition coefficient (Wildman–Crippen LogP) is 2.25. The lowest BCUT2D eigenvalue weighted by Crippen LogP contribution is -2.31. The highest BCUT2D eigenvalue weighted by molar-refractivity contribution is 7.99. The summed E-state index contributed by atoms with van der Waals surface area (Å²) < 4.78 is 40.7. The van der Waals surface area contributed by atoms with Gasteiger partial charge in [-0.2, -0.15) is 5.10 Å². The zero-order chi connectivity index (χ0) is 24.6. The SMILES string of the molecule is CC(C)CNS(=O)(=O)CCn1c(Sc2cc3c(cc2-c2cc[nH]n2)OCO3)nc2c(N)ncnc21. The molecule has 1 aromatic carbocycles. The fraction of sp³-hybridized carbons (Fsp3) is 0.333. The summed E-state index contributed by atoms with van der Waals surface area (Å²) in [4.78, 5) is 13.8. The molecule has 1 aliphatic heterocycles. The number of rotatable bonds is 9. The number of benzene rings is 1. The van der Waals surface area contributed by atoms with Crippen molar-refractivity contribution in [2.75, 3.05) is 24.8 Å². The van der Waals surface area contributed by atoms with E-state index in [0.717, 1.165) is 10.5 Å². The highest BCUT2D eigenvalue weighted by atomic mass is 32.2. The number of fused-ring (bicyclic) bond motifs is 2. The van der Waals surface area contributed by atoms with Gasteiger partial charge in [0.1, 0.15) is 6.33 Å². The minimum atomic E-state index is -3.51. The molecule has 0 amide bonds. The molecular formula is C21H24N8O4S2. The number of nitrogens with one attached hydrogen (secondary N) is 2. The van der Waals surface area contributed by atoms with E-state index in [-0.39, 0.29) is 30.8 Å². The summed E-state index contributed by atoms with van der Waals surface area (Å²) in [5.41, 5.74) is 8.45. The summed E-state index contributed by atoms with van der Waals surface area (Å²) in [6.45, 7) is 4.53. The van der Waals surface area contributed by atoms with Crippen molar-refractivity contribution < 1.29 is 17.9 Å².